The molecule has 0 aliphatic rings. The van der Waals surface area contributed by atoms with Crippen molar-refractivity contribution in [3.8, 4) is 6.07 Å². The number of sulfonamides is 1. The molecular weight excluding hydrogens is 370 g/mol. The lowest BCUT2D eigenvalue weighted by Gasteiger charge is -2.24. The molecule has 0 saturated carbocycles. The van der Waals surface area contributed by atoms with Gasteiger partial charge in [-0.1, -0.05) is 0 Å². The van der Waals surface area contributed by atoms with Crippen LogP contribution in [0, 0.1) is 18.3 Å². The van der Waals surface area contributed by atoms with Crippen molar-refractivity contribution in [3.63, 3.8) is 0 Å². The number of thiazole rings is 1. The molecule has 0 fully saturated rings. The summed E-state index contributed by atoms with van der Waals surface area (Å²) in [5.41, 5.74) is 2.59. The third-order valence-corrected chi connectivity index (χ3v) is 5.65. The molecule has 2 aromatic rings. The fraction of sp³-hybridized carbons (Fsp3) is 0.294. The van der Waals surface area contributed by atoms with E-state index in [0.717, 1.165) is 24.5 Å². The molecule has 0 amide bonds. The molecular formula is C17H21N5O2S2. The maximum absolute atomic E-state index is 11.7. The average Bonchev–Trinajstić information content (AvgIpc) is 3.03. The van der Waals surface area contributed by atoms with E-state index < -0.39 is 10.0 Å². The third-order valence-electron chi connectivity index (χ3n) is 3.74. The molecule has 1 aromatic heterocycles. The van der Waals surface area contributed by atoms with Crippen LogP contribution in [0.2, 0.25) is 0 Å². The Bertz CT molecular complexity index is 954. The Hall–Kier alpha value is -2.41. The number of nitrogens with one attached hydrogen (secondary N) is 1. The zero-order chi connectivity index (χ0) is 19.3. The van der Waals surface area contributed by atoms with Gasteiger partial charge in [0.25, 0.3) is 0 Å². The maximum Gasteiger partial charge on any atom is 0.238 e. The van der Waals surface area contributed by atoms with Crippen molar-refractivity contribution in [1.82, 2.24) is 4.98 Å². The topological polar surface area (TPSA) is 112 Å². The van der Waals surface area contributed by atoms with Gasteiger partial charge >= 0.3 is 0 Å². The van der Waals surface area contributed by atoms with Gasteiger partial charge in [-0.05, 0) is 39.0 Å². The maximum atomic E-state index is 11.7. The fourth-order valence-corrected chi connectivity index (χ4v) is 3.72. The van der Waals surface area contributed by atoms with Crippen LogP contribution in [-0.4, -0.2) is 26.5 Å². The van der Waals surface area contributed by atoms with Gasteiger partial charge < -0.3 is 10.2 Å². The number of hydrogen-bond acceptors (Lipinski definition) is 7. The van der Waals surface area contributed by atoms with Crippen molar-refractivity contribution in [3.05, 3.63) is 40.5 Å². The highest BCUT2D eigenvalue weighted by molar-refractivity contribution is 7.89. The van der Waals surface area contributed by atoms with Gasteiger partial charge in [0.1, 0.15) is 16.6 Å². The molecule has 0 radical (unpaired) electrons. The van der Waals surface area contributed by atoms with Gasteiger partial charge in [-0.25, -0.2) is 18.5 Å². The summed E-state index contributed by atoms with van der Waals surface area (Å²) in [5, 5.41) is 20.2. The molecule has 0 atom stereocenters. The van der Waals surface area contributed by atoms with E-state index in [4.69, 9.17) is 5.14 Å². The summed E-state index contributed by atoms with van der Waals surface area (Å²) < 4.78 is 23.4. The van der Waals surface area contributed by atoms with E-state index in [0.29, 0.717) is 16.3 Å². The molecule has 0 saturated heterocycles. The number of hydrogen-bond donors (Lipinski definition) is 2. The van der Waals surface area contributed by atoms with Crippen molar-refractivity contribution < 1.29 is 8.42 Å². The zero-order valence-electron chi connectivity index (χ0n) is 14.9. The molecule has 0 unspecified atom stereocenters. The van der Waals surface area contributed by atoms with Crippen LogP contribution in [0.25, 0.3) is 5.57 Å². The van der Waals surface area contributed by atoms with Crippen LogP contribution < -0.4 is 15.4 Å². The lowest BCUT2D eigenvalue weighted by atomic mass is 10.2. The standard InChI is InChI=1S/C17H21N5O2S2/c1-4-22(5-2)16-7-6-14(26(19,23)24)8-15(16)20-10-13(9-18)17-21-12(3)11-25-17/h6-8,10-11,20H,4-5H2,1-3H3,(H2,19,23,24)/b13-10+. The normalized spacial score (nSPS) is 11.9. The second-order valence-electron chi connectivity index (χ2n) is 5.50. The minimum absolute atomic E-state index is 0.00732. The summed E-state index contributed by atoms with van der Waals surface area (Å²) in [6.07, 6.45) is 1.54. The predicted octanol–water partition coefficient (Wildman–Crippen LogP) is 2.92. The number of aromatic nitrogens is 1. The first-order valence-corrected chi connectivity index (χ1v) is 10.4. The molecule has 2 rings (SSSR count). The molecule has 138 valence electrons. The van der Waals surface area contributed by atoms with Crippen LogP contribution >= 0.6 is 11.3 Å². The summed E-state index contributed by atoms with van der Waals surface area (Å²) in [6.45, 7) is 7.38. The van der Waals surface area contributed by atoms with Crippen LogP contribution in [0.4, 0.5) is 11.4 Å². The number of primary sulfonamides is 1. The van der Waals surface area contributed by atoms with Crippen molar-refractivity contribution in [2.75, 3.05) is 23.3 Å². The SMILES string of the molecule is CCN(CC)c1ccc(S(N)(=O)=O)cc1N/C=C(\C#N)c1nc(C)cs1. The van der Waals surface area contributed by atoms with Crippen molar-refractivity contribution in [2.24, 2.45) is 5.14 Å². The van der Waals surface area contributed by atoms with Crippen molar-refractivity contribution >= 4 is 38.3 Å². The summed E-state index contributed by atoms with van der Waals surface area (Å²) >= 11 is 1.38. The molecule has 1 heterocycles. The Labute approximate surface area is 157 Å². The first kappa shape index (κ1) is 19.9. The first-order valence-electron chi connectivity index (χ1n) is 8.01. The second-order valence-corrected chi connectivity index (χ2v) is 7.92. The largest absolute Gasteiger partial charge is 0.370 e. The second kappa shape index (κ2) is 8.31. The number of allylic oxidation sites excluding steroid dienone is 1. The Balaban J connectivity index is 2.48. The molecule has 0 spiro atoms. The lowest BCUT2D eigenvalue weighted by molar-refractivity contribution is 0.598. The molecule has 1 aromatic carbocycles. The molecule has 3 N–H and O–H groups in total. The molecule has 0 aliphatic carbocycles. The Morgan fingerprint density at radius 3 is 2.62 bits per heavy atom. The molecule has 7 nitrogen and oxygen atoms in total. The van der Waals surface area contributed by atoms with Crippen LogP contribution in [0.15, 0.2) is 34.7 Å². The lowest BCUT2D eigenvalue weighted by Crippen LogP contribution is -2.23. The minimum atomic E-state index is -3.83. The Morgan fingerprint density at radius 2 is 2.12 bits per heavy atom. The first-order chi connectivity index (χ1) is 12.3. The van der Waals surface area contributed by atoms with Gasteiger partial charge in [0.05, 0.1) is 16.3 Å². The van der Waals surface area contributed by atoms with Crippen LogP contribution in [0.5, 0.6) is 0 Å². The predicted molar refractivity (Wildman–Crippen MR) is 105 cm³/mol. The quantitative estimate of drug-likeness (QED) is 0.702. The summed E-state index contributed by atoms with van der Waals surface area (Å²) in [6, 6.07) is 6.78. The van der Waals surface area contributed by atoms with E-state index in [9.17, 15) is 13.7 Å². The van der Waals surface area contributed by atoms with E-state index in [-0.39, 0.29) is 4.90 Å². The van der Waals surface area contributed by atoms with E-state index >= 15 is 0 Å². The number of nitriles is 1. The zero-order valence-corrected chi connectivity index (χ0v) is 16.5. The van der Waals surface area contributed by atoms with E-state index in [2.05, 4.69) is 21.3 Å². The van der Waals surface area contributed by atoms with Crippen LogP contribution in [0.3, 0.4) is 0 Å². The average molecular weight is 392 g/mol. The molecule has 9 heteroatoms. The number of benzene rings is 1. The Morgan fingerprint density at radius 1 is 1.42 bits per heavy atom. The van der Waals surface area contributed by atoms with Gasteiger partial charge in [0.15, 0.2) is 0 Å². The Kier molecular flexibility index (Phi) is 6.37. The van der Waals surface area contributed by atoms with Gasteiger partial charge in [-0.2, -0.15) is 5.26 Å². The van der Waals surface area contributed by atoms with Crippen LogP contribution in [-0.2, 0) is 10.0 Å². The number of nitrogens with two attached hydrogens (primary N) is 1. The third kappa shape index (κ3) is 4.60. The van der Waals surface area contributed by atoms with Gasteiger partial charge in [-0.15, -0.1) is 11.3 Å². The van der Waals surface area contributed by atoms with Gasteiger partial charge in [-0.3, -0.25) is 0 Å². The van der Waals surface area contributed by atoms with Gasteiger partial charge in [0.2, 0.25) is 10.0 Å². The highest BCUT2D eigenvalue weighted by atomic mass is 32.2. The smallest absolute Gasteiger partial charge is 0.238 e. The number of rotatable bonds is 7. The summed E-state index contributed by atoms with van der Waals surface area (Å²) in [5.74, 6) is 0. The highest BCUT2D eigenvalue weighted by Gasteiger charge is 2.14. The molecule has 26 heavy (non-hydrogen) atoms. The van der Waals surface area contributed by atoms with Crippen molar-refractivity contribution in [2.45, 2.75) is 25.7 Å². The number of nitrogens with zero attached hydrogens (tertiary/aromatic N) is 3. The fourth-order valence-electron chi connectivity index (χ4n) is 2.42. The highest BCUT2D eigenvalue weighted by Crippen LogP contribution is 2.29. The van der Waals surface area contributed by atoms with E-state index in [1.54, 1.807) is 6.07 Å². The number of aryl methyl sites for hydroxylation is 1. The van der Waals surface area contributed by atoms with E-state index in [1.165, 1.54) is 29.7 Å². The van der Waals surface area contributed by atoms with E-state index in [1.807, 2.05) is 26.2 Å². The summed E-state index contributed by atoms with van der Waals surface area (Å²) in [4.78, 5) is 6.38. The monoisotopic (exact) mass is 391 g/mol. The minimum Gasteiger partial charge on any atom is -0.370 e. The van der Waals surface area contributed by atoms with Crippen molar-refractivity contribution in [1.29, 1.82) is 5.26 Å². The van der Waals surface area contributed by atoms with Crippen LogP contribution in [0.1, 0.15) is 24.5 Å². The molecule has 0 bridgehead atoms. The van der Waals surface area contributed by atoms with Gasteiger partial charge in [0, 0.05) is 30.4 Å². The molecule has 0 aliphatic heterocycles. The summed E-state index contributed by atoms with van der Waals surface area (Å²) in [7, 11) is -3.83. The number of anilines is 2.